The van der Waals surface area contributed by atoms with E-state index >= 15 is 0 Å². The topological polar surface area (TPSA) is 151 Å². The number of ether oxygens (including phenoxy) is 1. The maximum Gasteiger partial charge on any atom is 0.255 e. The molecular formula is C40H42FN9O4. The number of piperazine rings is 1. The Hall–Kier alpha value is -5.89. The summed E-state index contributed by atoms with van der Waals surface area (Å²) < 4.78 is 19.9. The number of anilines is 1. The molecule has 0 radical (unpaired) electrons. The highest BCUT2D eigenvalue weighted by atomic mass is 19.1. The Labute approximate surface area is 312 Å². The molecule has 0 spiro atoms. The average Bonchev–Trinajstić information content (AvgIpc) is 3.94. The molecule has 2 atom stereocenters. The van der Waals surface area contributed by atoms with Gasteiger partial charge in [0.1, 0.15) is 41.7 Å². The number of aromatic nitrogens is 3. The first kappa shape index (κ1) is 35.2. The van der Waals surface area contributed by atoms with Gasteiger partial charge in [-0.3, -0.25) is 30.0 Å². The molecule has 54 heavy (non-hydrogen) atoms. The number of H-pyrrole nitrogens is 1. The molecule has 14 heteroatoms. The largest absolute Gasteiger partial charge is 0.492 e. The zero-order valence-corrected chi connectivity index (χ0v) is 29.8. The van der Waals surface area contributed by atoms with E-state index in [-0.39, 0.29) is 30.1 Å². The predicted molar refractivity (Wildman–Crippen MR) is 200 cm³/mol. The summed E-state index contributed by atoms with van der Waals surface area (Å²) in [7, 11) is 0. The minimum Gasteiger partial charge on any atom is -0.492 e. The minimum atomic E-state index is -0.637. The number of nitrogens with one attached hydrogen (secondary N) is 3. The molecule has 0 aliphatic carbocycles. The number of imidazole rings is 1. The summed E-state index contributed by atoms with van der Waals surface area (Å²) in [6.07, 6.45) is 7.67. The van der Waals surface area contributed by atoms with Crippen LogP contribution in [0.25, 0.3) is 17.5 Å². The fourth-order valence-corrected chi connectivity index (χ4v) is 7.79. The van der Waals surface area contributed by atoms with Crippen LogP contribution in [0.2, 0.25) is 0 Å². The third kappa shape index (κ3) is 7.47. The third-order valence-electron chi connectivity index (χ3n) is 10.7. The van der Waals surface area contributed by atoms with Gasteiger partial charge < -0.3 is 24.4 Å². The van der Waals surface area contributed by atoms with Crippen LogP contribution in [0.1, 0.15) is 59.0 Å². The summed E-state index contributed by atoms with van der Waals surface area (Å²) in [5.41, 5.74) is 3.85. The van der Waals surface area contributed by atoms with Gasteiger partial charge in [0.05, 0.1) is 23.6 Å². The van der Waals surface area contributed by atoms with Gasteiger partial charge in [0.15, 0.2) is 0 Å². The average molecular weight is 732 g/mol. The Morgan fingerprint density at radius 1 is 0.981 bits per heavy atom. The van der Waals surface area contributed by atoms with Crippen molar-refractivity contribution >= 4 is 35.5 Å². The lowest BCUT2D eigenvalue weighted by molar-refractivity contribution is -0.136. The number of amidine groups is 1. The lowest BCUT2D eigenvalue weighted by Gasteiger charge is -2.35. The van der Waals surface area contributed by atoms with E-state index in [0.29, 0.717) is 42.5 Å². The Morgan fingerprint density at radius 3 is 2.67 bits per heavy atom. The SMILES string of the molecule is N=C(/C=C\c1ncc(-c2cccc(N3CCN(CCOc4ccc5c(c4)C(=O)N(C4CCC(=O)NC4=O)C5)CC3)n2)[nH]1)N1CCC[C@@H]1c1cccc(F)c1. The van der Waals surface area contributed by atoms with Crippen LogP contribution < -0.4 is 15.0 Å². The zero-order chi connectivity index (χ0) is 37.2. The van der Waals surface area contributed by atoms with Crippen molar-refractivity contribution in [2.75, 3.05) is 50.8 Å². The lowest BCUT2D eigenvalue weighted by Crippen LogP contribution is -2.52. The number of amides is 3. The van der Waals surface area contributed by atoms with Gasteiger partial charge >= 0.3 is 0 Å². The van der Waals surface area contributed by atoms with Crippen molar-refractivity contribution in [3.63, 3.8) is 0 Å². The maximum atomic E-state index is 13.9. The highest BCUT2D eigenvalue weighted by Gasteiger charge is 2.39. The number of imide groups is 1. The van der Waals surface area contributed by atoms with Gasteiger partial charge in [-0.05, 0) is 78.9 Å². The minimum absolute atomic E-state index is 0.0151. The van der Waals surface area contributed by atoms with Crippen molar-refractivity contribution < 1.29 is 23.5 Å². The Morgan fingerprint density at radius 2 is 1.83 bits per heavy atom. The Kier molecular flexibility index (Phi) is 9.91. The van der Waals surface area contributed by atoms with Crippen LogP contribution in [0.15, 0.2) is 72.9 Å². The number of pyridine rings is 1. The molecule has 6 heterocycles. The second kappa shape index (κ2) is 15.2. The molecule has 0 bridgehead atoms. The van der Waals surface area contributed by atoms with E-state index in [4.69, 9.17) is 15.1 Å². The normalized spacial score (nSPS) is 20.5. The number of rotatable bonds is 10. The Bertz CT molecular complexity index is 2110. The fraction of sp³-hybridized carbons (Fsp3) is 0.350. The van der Waals surface area contributed by atoms with E-state index in [0.717, 1.165) is 80.4 Å². The van der Waals surface area contributed by atoms with Crippen molar-refractivity contribution in [3.8, 4) is 17.1 Å². The molecule has 1 unspecified atom stereocenters. The summed E-state index contributed by atoms with van der Waals surface area (Å²) in [6, 6.07) is 17.4. The van der Waals surface area contributed by atoms with Crippen molar-refractivity contribution in [1.82, 2.24) is 35.0 Å². The summed E-state index contributed by atoms with van der Waals surface area (Å²) in [4.78, 5) is 58.0. The van der Waals surface area contributed by atoms with Crippen molar-refractivity contribution in [3.05, 3.63) is 101 Å². The monoisotopic (exact) mass is 731 g/mol. The van der Waals surface area contributed by atoms with Crippen molar-refractivity contribution in [1.29, 1.82) is 5.41 Å². The van der Waals surface area contributed by atoms with E-state index in [1.54, 1.807) is 41.4 Å². The number of halogens is 1. The summed E-state index contributed by atoms with van der Waals surface area (Å²) in [6.45, 7) is 5.62. The smallest absolute Gasteiger partial charge is 0.255 e. The number of hydrogen-bond donors (Lipinski definition) is 3. The molecular weight excluding hydrogens is 689 g/mol. The van der Waals surface area contributed by atoms with Crippen LogP contribution in [-0.4, -0.2) is 105 Å². The number of fused-ring (bicyclic) bond motifs is 1. The van der Waals surface area contributed by atoms with Crippen LogP contribution in [-0.2, 0) is 16.1 Å². The highest BCUT2D eigenvalue weighted by molar-refractivity contribution is 6.05. The third-order valence-corrected chi connectivity index (χ3v) is 10.7. The van der Waals surface area contributed by atoms with Crippen LogP contribution in [0, 0.1) is 11.2 Å². The van der Waals surface area contributed by atoms with Gasteiger partial charge in [-0.1, -0.05) is 24.3 Å². The molecule has 8 rings (SSSR count). The molecule has 3 N–H and O–H groups in total. The standard InChI is InChI=1S/C40H42FN9O4/c41-28-5-1-4-26(22-28)33-7-3-15-49(33)35(42)12-13-36-43-24-32(44-36)31-6-2-8-37(45-31)48-18-16-47(17-19-48)20-21-54-29-10-9-27-25-50(40(53)30(27)23-29)34-11-14-38(51)46-39(34)52/h1-2,4-6,8-10,12-13,22-24,33-34,42H,3,7,11,14-21,25H2,(H,43,44)(H,46,51,52)/b13-12-,42-35?/t33-,34?/m1/s1. The second-order valence-electron chi connectivity index (χ2n) is 14.1. The van der Waals surface area contributed by atoms with E-state index in [9.17, 15) is 18.8 Å². The number of carbonyl (C=O) groups excluding carboxylic acids is 3. The quantitative estimate of drug-likeness (QED) is 0.123. The Balaban J connectivity index is 0.809. The molecule has 2 aromatic heterocycles. The summed E-state index contributed by atoms with van der Waals surface area (Å²) in [5.74, 6) is 1.31. The van der Waals surface area contributed by atoms with Gasteiger partial charge in [-0.15, -0.1) is 0 Å². The van der Waals surface area contributed by atoms with Gasteiger partial charge in [-0.25, -0.2) is 14.4 Å². The number of benzene rings is 2. The van der Waals surface area contributed by atoms with E-state index < -0.39 is 11.9 Å². The number of piperidine rings is 1. The van der Waals surface area contributed by atoms with E-state index in [2.05, 4.69) is 25.1 Å². The molecule has 4 aliphatic rings. The highest BCUT2D eigenvalue weighted by Crippen LogP contribution is 2.33. The summed E-state index contributed by atoms with van der Waals surface area (Å²) >= 11 is 0. The molecule has 3 saturated heterocycles. The van der Waals surface area contributed by atoms with E-state index in [1.807, 2.05) is 41.3 Å². The van der Waals surface area contributed by atoms with Crippen LogP contribution >= 0.6 is 0 Å². The number of nitrogens with zero attached hydrogens (tertiary/aromatic N) is 6. The van der Waals surface area contributed by atoms with Crippen LogP contribution in [0.4, 0.5) is 10.2 Å². The number of hydrogen-bond acceptors (Lipinski definition) is 9. The first-order chi connectivity index (χ1) is 26.3. The number of carbonyl (C=O) groups is 3. The number of likely N-dealkylation sites (tertiary alicyclic amines) is 1. The molecule has 13 nitrogen and oxygen atoms in total. The van der Waals surface area contributed by atoms with Gasteiger partial charge in [0, 0.05) is 57.8 Å². The lowest BCUT2D eigenvalue weighted by atomic mass is 10.0. The molecule has 3 fully saturated rings. The molecule has 278 valence electrons. The molecule has 0 saturated carbocycles. The first-order valence-electron chi connectivity index (χ1n) is 18.5. The van der Waals surface area contributed by atoms with Gasteiger partial charge in [0.2, 0.25) is 11.8 Å². The molecule has 4 aliphatic heterocycles. The predicted octanol–water partition coefficient (Wildman–Crippen LogP) is 4.40. The van der Waals surface area contributed by atoms with E-state index in [1.165, 1.54) is 6.07 Å². The van der Waals surface area contributed by atoms with Crippen molar-refractivity contribution in [2.45, 2.75) is 44.3 Å². The molecule has 4 aromatic rings. The fourth-order valence-electron chi connectivity index (χ4n) is 7.79. The molecule has 3 amide bonds. The van der Waals surface area contributed by atoms with Crippen molar-refractivity contribution in [2.24, 2.45) is 0 Å². The first-order valence-corrected chi connectivity index (χ1v) is 18.5. The maximum absolute atomic E-state index is 13.9. The number of aromatic amines is 1. The zero-order valence-electron chi connectivity index (χ0n) is 29.8. The van der Waals surface area contributed by atoms with Crippen LogP contribution in [0.5, 0.6) is 5.75 Å². The van der Waals surface area contributed by atoms with Gasteiger partial charge in [-0.2, -0.15) is 0 Å². The molecule has 2 aromatic carbocycles. The van der Waals surface area contributed by atoms with Crippen LogP contribution in [0.3, 0.4) is 0 Å². The second-order valence-corrected chi connectivity index (χ2v) is 14.1. The van der Waals surface area contributed by atoms with Gasteiger partial charge in [0.25, 0.3) is 5.91 Å². The summed E-state index contributed by atoms with van der Waals surface area (Å²) in [5, 5.41) is 11.0.